The number of ether oxygens (including phenoxy) is 1. The van der Waals surface area contributed by atoms with Gasteiger partial charge in [0.15, 0.2) is 0 Å². The molecule has 0 aliphatic rings. The first-order valence-electron chi connectivity index (χ1n) is 8.70. The van der Waals surface area contributed by atoms with Gasteiger partial charge >= 0.3 is 12.6 Å². The first-order valence-corrected chi connectivity index (χ1v) is 8.70. The van der Waals surface area contributed by atoms with Gasteiger partial charge in [-0.3, -0.25) is 4.79 Å². The highest BCUT2D eigenvalue weighted by molar-refractivity contribution is 5.69. The number of rotatable bonds is 8. The van der Waals surface area contributed by atoms with Crippen LogP contribution in [0.4, 0.5) is 14.5 Å². The Bertz CT molecular complexity index is 915. The Hall–Kier alpha value is -3.41. The quantitative estimate of drug-likeness (QED) is 0.533. The predicted octanol–water partition coefficient (Wildman–Crippen LogP) is 5.58. The molecule has 0 amide bonds. The molecule has 4 nitrogen and oxygen atoms in total. The van der Waals surface area contributed by atoms with Gasteiger partial charge in [-0.25, -0.2) is 0 Å². The number of carboxylic acids is 1. The normalized spacial score (nSPS) is 11.8. The summed E-state index contributed by atoms with van der Waals surface area (Å²) in [5.74, 6) is -0.960. The number of hydrogen-bond acceptors (Lipinski definition) is 3. The lowest BCUT2D eigenvalue weighted by Gasteiger charge is -2.20. The van der Waals surface area contributed by atoms with Crippen molar-refractivity contribution in [3.63, 3.8) is 0 Å². The first kappa shape index (κ1) is 19.4. The molecule has 0 aliphatic carbocycles. The van der Waals surface area contributed by atoms with Crippen molar-refractivity contribution in [1.82, 2.24) is 0 Å². The third kappa shape index (κ3) is 5.30. The molecule has 1 atom stereocenters. The molecule has 0 fully saturated rings. The first-order chi connectivity index (χ1) is 13.5. The molecule has 28 heavy (non-hydrogen) atoms. The minimum absolute atomic E-state index is 0.00787. The molecule has 3 rings (SSSR count). The van der Waals surface area contributed by atoms with Crippen LogP contribution < -0.4 is 10.1 Å². The van der Waals surface area contributed by atoms with Crippen molar-refractivity contribution in [3.05, 3.63) is 84.4 Å². The SMILES string of the molecule is O=C(O)CC(Nc1cccc(OC(F)F)c1)c1ccc(-c2ccccc2)cc1. The molecule has 0 aliphatic heterocycles. The Morgan fingerprint density at radius 3 is 2.25 bits per heavy atom. The Kier molecular flexibility index (Phi) is 6.22. The van der Waals surface area contributed by atoms with Crippen LogP contribution in [0.25, 0.3) is 11.1 Å². The lowest BCUT2D eigenvalue weighted by atomic mass is 9.99. The Balaban J connectivity index is 1.81. The van der Waals surface area contributed by atoms with Crippen molar-refractivity contribution in [1.29, 1.82) is 0 Å². The molecule has 0 saturated heterocycles. The van der Waals surface area contributed by atoms with E-state index >= 15 is 0 Å². The number of hydrogen-bond donors (Lipinski definition) is 2. The van der Waals surface area contributed by atoms with Crippen LogP contribution in [0, 0.1) is 0 Å². The number of carboxylic acid groups (broad SMARTS) is 1. The van der Waals surface area contributed by atoms with E-state index in [1.54, 1.807) is 12.1 Å². The van der Waals surface area contributed by atoms with Gasteiger partial charge in [-0.15, -0.1) is 0 Å². The Morgan fingerprint density at radius 2 is 1.61 bits per heavy atom. The number of alkyl halides is 2. The maximum atomic E-state index is 12.4. The van der Waals surface area contributed by atoms with Crippen LogP contribution in [0.15, 0.2) is 78.9 Å². The molecule has 1 unspecified atom stereocenters. The summed E-state index contributed by atoms with van der Waals surface area (Å²) in [6, 6.07) is 23.0. The zero-order valence-corrected chi connectivity index (χ0v) is 14.9. The van der Waals surface area contributed by atoms with Gasteiger partial charge in [0.25, 0.3) is 0 Å². The molecule has 0 saturated carbocycles. The summed E-state index contributed by atoms with van der Waals surface area (Å²) in [5, 5.41) is 12.4. The summed E-state index contributed by atoms with van der Waals surface area (Å²) in [7, 11) is 0. The lowest BCUT2D eigenvalue weighted by molar-refractivity contribution is -0.137. The average molecular weight is 383 g/mol. The topological polar surface area (TPSA) is 58.6 Å². The fraction of sp³-hybridized carbons (Fsp3) is 0.136. The molecule has 144 valence electrons. The minimum Gasteiger partial charge on any atom is -0.481 e. The second kappa shape index (κ2) is 8.99. The summed E-state index contributed by atoms with van der Waals surface area (Å²) in [5.41, 5.74) is 3.36. The molecule has 0 radical (unpaired) electrons. The van der Waals surface area contributed by atoms with E-state index in [9.17, 15) is 18.7 Å². The highest BCUT2D eigenvalue weighted by Crippen LogP contribution is 2.28. The second-order valence-corrected chi connectivity index (χ2v) is 6.19. The summed E-state index contributed by atoms with van der Waals surface area (Å²) >= 11 is 0. The van der Waals surface area contributed by atoms with Gasteiger partial charge in [0, 0.05) is 11.8 Å². The van der Waals surface area contributed by atoms with Gasteiger partial charge in [0.05, 0.1) is 12.5 Å². The van der Waals surface area contributed by atoms with Crippen LogP contribution in [0.3, 0.4) is 0 Å². The standard InChI is InChI=1S/C22H19F2NO3/c23-22(24)28-19-8-4-7-18(13-19)25-20(14-21(26)27)17-11-9-16(10-12-17)15-5-2-1-3-6-15/h1-13,20,22,25H,14H2,(H,26,27). The predicted molar refractivity (Wildman–Crippen MR) is 104 cm³/mol. The van der Waals surface area contributed by atoms with Crippen molar-refractivity contribution >= 4 is 11.7 Å². The fourth-order valence-corrected chi connectivity index (χ4v) is 2.93. The molecular formula is C22H19F2NO3. The number of halogens is 2. The maximum Gasteiger partial charge on any atom is 0.387 e. The smallest absolute Gasteiger partial charge is 0.387 e. The van der Waals surface area contributed by atoms with E-state index in [1.165, 1.54) is 12.1 Å². The summed E-state index contributed by atoms with van der Waals surface area (Å²) in [4.78, 5) is 11.3. The van der Waals surface area contributed by atoms with Crippen LogP contribution in [-0.4, -0.2) is 17.7 Å². The zero-order chi connectivity index (χ0) is 19.9. The largest absolute Gasteiger partial charge is 0.481 e. The number of benzene rings is 3. The van der Waals surface area contributed by atoms with Crippen molar-refractivity contribution < 1.29 is 23.4 Å². The van der Waals surface area contributed by atoms with Crippen LogP contribution in [0.5, 0.6) is 5.75 Å². The van der Waals surface area contributed by atoms with E-state index in [4.69, 9.17) is 0 Å². The van der Waals surface area contributed by atoms with E-state index in [0.29, 0.717) is 5.69 Å². The highest BCUT2D eigenvalue weighted by Gasteiger charge is 2.16. The lowest BCUT2D eigenvalue weighted by Crippen LogP contribution is -2.15. The Labute approximate surface area is 161 Å². The van der Waals surface area contributed by atoms with E-state index in [0.717, 1.165) is 16.7 Å². The van der Waals surface area contributed by atoms with Crippen LogP contribution in [0.2, 0.25) is 0 Å². The second-order valence-electron chi connectivity index (χ2n) is 6.19. The molecule has 3 aromatic rings. The van der Waals surface area contributed by atoms with Gasteiger partial charge in [0.1, 0.15) is 5.75 Å². The molecule has 0 aromatic heterocycles. The summed E-state index contributed by atoms with van der Waals surface area (Å²) in [6.45, 7) is -2.92. The molecule has 0 spiro atoms. The molecule has 2 N–H and O–H groups in total. The van der Waals surface area contributed by atoms with Gasteiger partial charge in [-0.05, 0) is 28.8 Å². The molecular weight excluding hydrogens is 364 g/mol. The third-order valence-electron chi connectivity index (χ3n) is 4.20. The van der Waals surface area contributed by atoms with Crippen molar-refractivity contribution in [2.75, 3.05) is 5.32 Å². The average Bonchev–Trinajstić information content (AvgIpc) is 2.68. The number of anilines is 1. The zero-order valence-electron chi connectivity index (χ0n) is 14.9. The van der Waals surface area contributed by atoms with Crippen LogP contribution in [-0.2, 0) is 4.79 Å². The minimum atomic E-state index is -2.92. The van der Waals surface area contributed by atoms with Crippen molar-refractivity contribution in [3.8, 4) is 16.9 Å². The summed E-state index contributed by atoms with van der Waals surface area (Å²) in [6.07, 6.45) is -0.162. The molecule has 3 aromatic carbocycles. The number of carbonyl (C=O) groups is 1. The van der Waals surface area contributed by atoms with Gasteiger partial charge in [-0.1, -0.05) is 60.7 Å². The van der Waals surface area contributed by atoms with E-state index < -0.39 is 18.6 Å². The monoisotopic (exact) mass is 383 g/mol. The van der Waals surface area contributed by atoms with E-state index in [2.05, 4.69) is 10.1 Å². The van der Waals surface area contributed by atoms with Gasteiger partial charge < -0.3 is 15.2 Å². The number of aliphatic carboxylic acids is 1. The van der Waals surface area contributed by atoms with Crippen molar-refractivity contribution in [2.24, 2.45) is 0 Å². The summed E-state index contributed by atoms with van der Waals surface area (Å²) < 4.78 is 29.2. The van der Waals surface area contributed by atoms with Crippen LogP contribution in [0.1, 0.15) is 18.0 Å². The Morgan fingerprint density at radius 1 is 0.929 bits per heavy atom. The van der Waals surface area contributed by atoms with Gasteiger partial charge in [-0.2, -0.15) is 8.78 Å². The molecule has 0 heterocycles. The molecule has 6 heteroatoms. The highest BCUT2D eigenvalue weighted by atomic mass is 19.3. The molecule has 0 bridgehead atoms. The van der Waals surface area contributed by atoms with Gasteiger partial charge in [0.2, 0.25) is 0 Å². The maximum absolute atomic E-state index is 12.4. The van der Waals surface area contributed by atoms with Crippen LogP contribution >= 0.6 is 0 Å². The fourth-order valence-electron chi connectivity index (χ4n) is 2.93. The number of nitrogens with one attached hydrogen (secondary N) is 1. The third-order valence-corrected chi connectivity index (χ3v) is 4.20. The van der Waals surface area contributed by atoms with E-state index in [-0.39, 0.29) is 12.2 Å². The van der Waals surface area contributed by atoms with Crippen molar-refractivity contribution in [2.45, 2.75) is 19.1 Å². The van der Waals surface area contributed by atoms with E-state index in [1.807, 2.05) is 54.6 Å².